The van der Waals surface area contributed by atoms with Gasteiger partial charge in [-0.3, -0.25) is 14.9 Å². The number of non-ortho nitro benzene ring substituents is 1. The zero-order valence-electron chi connectivity index (χ0n) is 17.8. The summed E-state index contributed by atoms with van der Waals surface area (Å²) in [5.74, 6) is 0.808. The molecule has 0 atom stereocenters. The van der Waals surface area contributed by atoms with Crippen molar-refractivity contribution in [2.45, 2.75) is 6.42 Å². The quantitative estimate of drug-likeness (QED) is 0.402. The topological polar surface area (TPSA) is 95.7 Å². The van der Waals surface area contributed by atoms with Gasteiger partial charge < -0.3 is 14.7 Å². The molecule has 0 N–H and O–H groups in total. The molecule has 1 amide bonds. The second kappa shape index (κ2) is 9.73. The van der Waals surface area contributed by atoms with Crippen LogP contribution in [0.15, 0.2) is 54.6 Å². The summed E-state index contributed by atoms with van der Waals surface area (Å²) in [6.07, 6.45) is 0.670. The number of hydrogen-bond donors (Lipinski definition) is 0. The van der Waals surface area contributed by atoms with Crippen molar-refractivity contribution in [3.05, 3.63) is 76.1 Å². The van der Waals surface area contributed by atoms with E-state index < -0.39 is 4.92 Å². The first-order valence-corrected chi connectivity index (χ1v) is 11.1. The minimum absolute atomic E-state index is 0.0515. The Labute approximate surface area is 190 Å². The largest absolute Gasteiger partial charge is 0.368 e. The van der Waals surface area contributed by atoms with Crippen LogP contribution in [0.4, 0.5) is 16.5 Å². The van der Waals surface area contributed by atoms with E-state index in [0.29, 0.717) is 32.6 Å². The molecule has 166 valence electrons. The first kappa shape index (κ1) is 21.7. The van der Waals surface area contributed by atoms with E-state index in [1.54, 1.807) is 12.1 Å². The lowest BCUT2D eigenvalue weighted by Crippen LogP contribution is -2.51. The number of amides is 1. The lowest BCUT2D eigenvalue weighted by atomic mass is 10.1. The Morgan fingerprint density at radius 3 is 2.44 bits per heavy atom. The zero-order chi connectivity index (χ0) is 22.5. The van der Waals surface area contributed by atoms with Crippen molar-refractivity contribution in [3.63, 3.8) is 0 Å². The molecule has 1 aliphatic heterocycles. The van der Waals surface area contributed by atoms with Crippen molar-refractivity contribution in [1.29, 1.82) is 0 Å². The maximum absolute atomic E-state index is 12.8. The van der Waals surface area contributed by atoms with Gasteiger partial charge in [-0.15, -0.1) is 0 Å². The fraction of sp³-hybridized carbons (Fsp3) is 0.318. The van der Waals surface area contributed by atoms with E-state index in [-0.39, 0.29) is 18.1 Å². The van der Waals surface area contributed by atoms with Gasteiger partial charge in [-0.25, -0.2) is 4.98 Å². The molecule has 2 aromatic carbocycles. The molecule has 0 aliphatic carbocycles. The Morgan fingerprint density at radius 1 is 1.09 bits per heavy atom. The highest BCUT2D eigenvalue weighted by atomic mass is 32.1. The van der Waals surface area contributed by atoms with Crippen LogP contribution < -0.4 is 9.80 Å². The predicted molar refractivity (Wildman–Crippen MR) is 124 cm³/mol. The lowest BCUT2D eigenvalue weighted by Gasteiger charge is -2.36. The highest BCUT2D eigenvalue weighted by Gasteiger charge is 2.23. The predicted octanol–water partition coefficient (Wildman–Crippen LogP) is 2.82. The summed E-state index contributed by atoms with van der Waals surface area (Å²) in [5.41, 5.74) is 2.16. The van der Waals surface area contributed by atoms with Gasteiger partial charge in [-0.1, -0.05) is 30.3 Å². The molecule has 32 heavy (non-hydrogen) atoms. The smallest absolute Gasteiger partial charge is 0.269 e. The standard InChI is InChI=1S/C22H24N6O3S/c1-25(22-23-20(24-32-22)15-17-5-3-2-4-6-17)16-21(29)27-13-11-26(12-14-27)18-7-9-19(10-8-18)28(30)31/h2-10H,11-16H2,1H3. The number of nitrogens with zero attached hydrogens (tertiary/aromatic N) is 6. The van der Waals surface area contributed by atoms with Crippen LogP contribution in [0.2, 0.25) is 0 Å². The number of rotatable bonds is 7. The van der Waals surface area contributed by atoms with E-state index in [9.17, 15) is 14.9 Å². The zero-order valence-corrected chi connectivity index (χ0v) is 18.6. The Hall–Kier alpha value is -3.53. The van der Waals surface area contributed by atoms with E-state index in [2.05, 4.69) is 14.3 Å². The van der Waals surface area contributed by atoms with Crippen molar-refractivity contribution in [1.82, 2.24) is 14.3 Å². The number of likely N-dealkylation sites (N-methyl/N-ethyl adjacent to an activating group) is 1. The Bertz CT molecular complexity index is 1060. The third-order valence-electron chi connectivity index (χ3n) is 5.42. The van der Waals surface area contributed by atoms with Gasteiger partial charge in [0.2, 0.25) is 11.0 Å². The summed E-state index contributed by atoms with van der Waals surface area (Å²) >= 11 is 1.30. The van der Waals surface area contributed by atoms with Gasteiger partial charge >= 0.3 is 0 Å². The molecule has 3 aromatic rings. The Morgan fingerprint density at radius 2 is 1.78 bits per heavy atom. The number of aromatic nitrogens is 2. The van der Waals surface area contributed by atoms with Crippen molar-refractivity contribution in [3.8, 4) is 0 Å². The third kappa shape index (κ3) is 5.20. The highest BCUT2D eigenvalue weighted by Crippen LogP contribution is 2.21. The molecule has 0 spiro atoms. The van der Waals surface area contributed by atoms with E-state index in [1.807, 2.05) is 47.2 Å². The van der Waals surface area contributed by atoms with Gasteiger partial charge in [0.1, 0.15) is 5.82 Å². The number of benzene rings is 2. The fourth-order valence-corrected chi connectivity index (χ4v) is 4.26. The summed E-state index contributed by atoms with van der Waals surface area (Å²) < 4.78 is 4.43. The van der Waals surface area contributed by atoms with Crippen molar-refractivity contribution >= 4 is 33.9 Å². The van der Waals surface area contributed by atoms with Gasteiger partial charge in [0.05, 0.1) is 11.5 Å². The second-order valence-electron chi connectivity index (χ2n) is 7.65. The fourth-order valence-electron chi connectivity index (χ4n) is 3.62. The van der Waals surface area contributed by atoms with Gasteiger partial charge in [0.15, 0.2) is 0 Å². The third-order valence-corrected chi connectivity index (χ3v) is 6.29. The number of carbonyl (C=O) groups is 1. The van der Waals surface area contributed by atoms with E-state index >= 15 is 0 Å². The summed E-state index contributed by atoms with van der Waals surface area (Å²) in [7, 11) is 1.86. The van der Waals surface area contributed by atoms with Crippen molar-refractivity contribution in [2.75, 3.05) is 49.6 Å². The van der Waals surface area contributed by atoms with Gasteiger partial charge in [-0.2, -0.15) is 4.37 Å². The first-order valence-electron chi connectivity index (χ1n) is 10.3. The molecule has 0 unspecified atom stereocenters. The molecular weight excluding hydrogens is 428 g/mol. The maximum atomic E-state index is 12.8. The van der Waals surface area contributed by atoms with Crippen LogP contribution in [-0.2, 0) is 11.2 Å². The van der Waals surface area contributed by atoms with Gasteiger partial charge in [-0.05, 0) is 17.7 Å². The molecular formula is C22H24N6O3S. The van der Waals surface area contributed by atoms with E-state index in [0.717, 1.165) is 22.2 Å². The van der Waals surface area contributed by atoms with Crippen LogP contribution in [0.3, 0.4) is 0 Å². The highest BCUT2D eigenvalue weighted by molar-refractivity contribution is 7.09. The average molecular weight is 453 g/mol. The molecule has 1 aliphatic rings. The Balaban J connectivity index is 1.28. The molecule has 0 bridgehead atoms. The van der Waals surface area contributed by atoms with Crippen LogP contribution in [0, 0.1) is 10.1 Å². The van der Waals surface area contributed by atoms with Crippen LogP contribution in [0.5, 0.6) is 0 Å². The number of hydrogen-bond acceptors (Lipinski definition) is 8. The molecule has 4 rings (SSSR count). The molecule has 1 aromatic heterocycles. The minimum atomic E-state index is -0.403. The SMILES string of the molecule is CN(CC(=O)N1CCN(c2ccc([N+](=O)[O-])cc2)CC1)c1nc(Cc2ccccc2)ns1. The summed E-state index contributed by atoms with van der Waals surface area (Å²) in [6, 6.07) is 16.6. The normalized spacial score (nSPS) is 13.8. The molecule has 0 radical (unpaired) electrons. The van der Waals surface area contributed by atoms with Crippen molar-refractivity contribution in [2.24, 2.45) is 0 Å². The van der Waals surface area contributed by atoms with Crippen molar-refractivity contribution < 1.29 is 9.72 Å². The van der Waals surface area contributed by atoms with Crippen LogP contribution in [-0.4, -0.2) is 64.9 Å². The number of carbonyl (C=O) groups excluding carboxylic acids is 1. The van der Waals surface area contributed by atoms with E-state index in [4.69, 9.17) is 0 Å². The van der Waals surface area contributed by atoms with Gasteiger partial charge in [0, 0.05) is 69.0 Å². The van der Waals surface area contributed by atoms with E-state index in [1.165, 1.54) is 23.7 Å². The van der Waals surface area contributed by atoms with Crippen LogP contribution >= 0.6 is 11.5 Å². The Kier molecular flexibility index (Phi) is 6.60. The minimum Gasteiger partial charge on any atom is -0.368 e. The summed E-state index contributed by atoms with van der Waals surface area (Å²) in [5, 5.41) is 11.5. The van der Waals surface area contributed by atoms with Crippen LogP contribution in [0.1, 0.15) is 11.4 Å². The molecule has 9 nitrogen and oxygen atoms in total. The molecule has 0 saturated carbocycles. The number of piperazine rings is 1. The summed E-state index contributed by atoms with van der Waals surface area (Å²) in [4.78, 5) is 33.6. The summed E-state index contributed by atoms with van der Waals surface area (Å²) in [6.45, 7) is 2.84. The van der Waals surface area contributed by atoms with Crippen LogP contribution in [0.25, 0.3) is 0 Å². The second-order valence-corrected chi connectivity index (χ2v) is 8.38. The molecule has 2 heterocycles. The van der Waals surface area contributed by atoms with Gasteiger partial charge in [0.25, 0.3) is 5.69 Å². The monoisotopic (exact) mass is 452 g/mol. The molecule has 1 fully saturated rings. The first-order chi connectivity index (χ1) is 15.5. The average Bonchev–Trinajstić information content (AvgIpc) is 3.28. The number of nitro groups is 1. The molecule has 10 heteroatoms. The maximum Gasteiger partial charge on any atom is 0.269 e. The lowest BCUT2D eigenvalue weighted by molar-refractivity contribution is -0.384. The number of anilines is 2. The molecule has 1 saturated heterocycles. The number of nitro benzene ring substituents is 1.